The highest BCUT2D eigenvalue weighted by Gasteiger charge is 2.09. The topological polar surface area (TPSA) is 9.23 Å². The Morgan fingerprint density at radius 3 is 1.88 bits per heavy atom. The maximum Gasteiger partial charge on any atom is 0.122 e. The zero-order valence-electron chi connectivity index (χ0n) is 11.8. The van der Waals surface area contributed by atoms with E-state index in [0.717, 1.165) is 5.75 Å². The minimum Gasteiger partial charge on any atom is -0.496 e. The lowest BCUT2D eigenvalue weighted by molar-refractivity contribution is 0.407. The average Bonchev–Trinajstić information content (AvgIpc) is 2.30. The number of methoxy groups -OCH3 is 1. The van der Waals surface area contributed by atoms with Crippen molar-refractivity contribution in [2.75, 3.05) is 7.11 Å². The van der Waals surface area contributed by atoms with Crippen LogP contribution in [0.15, 0.2) is 18.2 Å². The van der Waals surface area contributed by atoms with Crippen LogP contribution in [-0.2, 0) is 0 Å². The van der Waals surface area contributed by atoms with Crippen molar-refractivity contribution < 1.29 is 4.74 Å². The standard InChI is InChI=1S/C13H20O.C2H6/c1-9(2)11-6-7-13(14-5)12(8-11)10(3)4;1-2/h6-10H,1-5H3;1-2H3. The number of benzene rings is 1. The van der Waals surface area contributed by atoms with E-state index < -0.39 is 0 Å². The van der Waals surface area contributed by atoms with Gasteiger partial charge >= 0.3 is 0 Å². The molecule has 0 fully saturated rings. The molecule has 0 aliphatic carbocycles. The van der Waals surface area contributed by atoms with Crippen molar-refractivity contribution in [3.63, 3.8) is 0 Å². The van der Waals surface area contributed by atoms with E-state index in [0.29, 0.717) is 11.8 Å². The largest absolute Gasteiger partial charge is 0.496 e. The molecule has 0 atom stereocenters. The van der Waals surface area contributed by atoms with Gasteiger partial charge in [-0.25, -0.2) is 0 Å². The normalized spacial score (nSPS) is 10.1. The first kappa shape index (κ1) is 15.0. The Morgan fingerprint density at radius 1 is 0.938 bits per heavy atom. The molecule has 1 aromatic carbocycles. The highest BCUT2D eigenvalue weighted by molar-refractivity contribution is 5.40. The molecule has 1 aromatic rings. The monoisotopic (exact) mass is 222 g/mol. The van der Waals surface area contributed by atoms with Gasteiger partial charge in [-0.15, -0.1) is 0 Å². The first-order valence-corrected chi connectivity index (χ1v) is 6.24. The molecule has 0 saturated heterocycles. The smallest absolute Gasteiger partial charge is 0.122 e. The van der Waals surface area contributed by atoms with Crippen LogP contribution in [0.4, 0.5) is 0 Å². The second-order valence-corrected chi connectivity index (χ2v) is 4.31. The Hall–Kier alpha value is -0.980. The molecule has 0 aliphatic heterocycles. The van der Waals surface area contributed by atoms with Gasteiger partial charge in [0.1, 0.15) is 5.75 Å². The van der Waals surface area contributed by atoms with Crippen LogP contribution in [0, 0.1) is 0 Å². The molecular weight excluding hydrogens is 196 g/mol. The zero-order valence-corrected chi connectivity index (χ0v) is 11.8. The van der Waals surface area contributed by atoms with Gasteiger partial charge in [0, 0.05) is 0 Å². The quantitative estimate of drug-likeness (QED) is 0.701. The summed E-state index contributed by atoms with van der Waals surface area (Å²) in [6.07, 6.45) is 0. The number of ether oxygens (including phenoxy) is 1. The van der Waals surface area contributed by atoms with Crippen molar-refractivity contribution in [3.05, 3.63) is 29.3 Å². The van der Waals surface area contributed by atoms with Crippen LogP contribution in [0.3, 0.4) is 0 Å². The fraction of sp³-hybridized carbons (Fsp3) is 0.600. The minimum atomic E-state index is 0.517. The molecule has 1 heteroatoms. The summed E-state index contributed by atoms with van der Waals surface area (Å²) in [5.41, 5.74) is 2.69. The van der Waals surface area contributed by atoms with Gasteiger partial charge in [0.2, 0.25) is 0 Å². The molecule has 0 amide bonds. The predicted octanol–water partition coefficient (Wildman–Crippen LogP) is 4.97. The zero-order chi connectivity index (χ0) is 12.7. The molecule has 0 heterocycles. The molecule has 0 aromatic heterocycles. The Kier molecular flexibility index (Phi) is 6.87. The van der Waals surface area contributed by atoms with Gasteiger partial charge < -0.3 is 4.74 Å². The first-order valence-electron chi connectivity index (χ1n) is 6.24. The van der Waals surface area contributed by atoms with Crippen molar-refractivity contribution in [2.45, 2.75) is 53.4 Å². The summed E-state index contributed by atoms with van der Waals surface area (Å²) in [4.78, 5) is 0. The van der Waals surface area contributed by atoms with Crippen molar-refractivity contribution in [1.29, 1.82) is 0 Å². The van der Waals surface area contributed by atoms with Gasteiger partial charge in [-0.2, -0.15) is 0 Å². The Balaban J connectivity index is 0.00000106. The van der Waals surface area contributed by atoms with Crippen LogP contribution < -0.4 is 4.74 Å². The summed E-state index contributed by atoms with van der Waals surface area (Å²) in [7, 11) is 1.73. The second kappa shape index (κ2) is 7.32. The molecule has 0 N–H and O–H groups in total. The van der Waals surface area contributed by atoms with E-state index >= 15 is 0 Å². The van der Waals surface area contributed by atoms with Crippen molar-refractivity contribution >= 4 is 0 Å². The van der Waals surface area contributed by atoms with Crippen molar-refractivity contribution in [3.8, 4) is 5.75 Å². The van der Waals surface area contributed by atoms with E-state index in [2.05, 4.69) is 45.9 Å². The van der Waals surface area contributed by atoms with E-state index in [-0.39, 0.29) is 0 Å². The van der Waals surface area contributed by atoms with E-state index in [4.69, 9.17) is 4.74 Å². The van der Waals surface area contributed by atoms with E-state index in [9.17, 15) is 0 Å². The highest BCUT2D eigenvalue weighted by atomic mass is 16.5. The van der Waals surface area contributed by atoms with Crippen LogP contribution >= 0.6 is 0 Å². The van der Waals surface area contributed by atoms with E-state index in [1.807, 2.05) is 13.8 Å². The number of rotatable bonds is 3. The second-order valence-electron chi connectivity index (χ2n) is 4.31. The molecule has 0 aliphatic rings. The van der Waals surface area contributed by atoms with Crippen LogP contribution in [0.25, 0.3) is 0 Å². The van der Waals surface area contributed by atoms with E-state index in [1.54, 1.807) is 7.11 Å². The molecule has 0 radical (unpaired) electrons. The SMILES string of the molecule is CC.COc1ccc(C(C)C)cc1C(C)C. The summed E-state index contributed by atoms with van der Waals surface area (Å²) in [5, 5.41) is 0. The van der Waals surface area contributed by atoms with Crippen molar-refractivity contribution in [1.82, 2.24) is 0 Å². The molecular formula is C15H26O. The van der Waals surface area contributed by atoms with Crippen molar-refractivity contribution in [2.24, 2.45) is 0 Å². The molecule has 0 bridgehead atoms. The molecule has 16 heavy (non-hydrogen) atoms. The maximum absolute atomic E-state index is 5.34. The summed E-state index contributed by atoms with van der Waals surface area (Å²) in [6.45, 7) is 12.8. The lowest BCUT2D eigenvalue weighted by Crippen LogP contribution is -1.97. The fourth-order valence-electron chi connectivity index (χ4n) is 1.56. The summed E-state index contributed by atoms with van der Waals surface area (Å²) in [6, 6.07) is 6.48. The van der Waals surface area contributed by atoms with Gasteiger partial charge in [-0.1, -0.05) is 53.7 Å². The molecule has 0 saturated carbocycles. The predicted molar refractivity (Wildman–Crippen MR) is 72.5 cm³/mol. The summed E-state index contributed by atoms with van der Waals surface area (Å²) in [5.74, 6) is 2.10. The third kappa shape index (κ3) is 3.88. The summed E-state index contributed by atoms with van der Waals surface area (Å²) >= 11 is 0. The minimum absolute atomic E-state index is 0.517. The average molecular weight is 222 g/mol. The fourth-order valence-corrected chi connectivity index (χ4v) is 1.56. The van der Waals surface area contributed by atoms with E-state index in [1.165, 1.54) is 11.1 Å². The molecule has 0 unspecified atom stereocenters. The Bertz CT molecular complexity index is 300. The molecule has 0 spiro atoms. The third-order valence-corrected chi connectivity index (χ3v) is 2.54. The van der Waals surface area contributed by atoms with Crippen LogP contribution in [0.5, 0.6) is 5.75 Å². The first-order chi connectivity index (χ1) is 7.56. The third-order valence-electron chi connectivity index (χ3n) is 2.54. The molecule has 1 nitrogen and oxygen atoms in total. The highest BCUT2D eigenvalue weighted by Crippen LogP contribution is 2.29. The van der Waals surface area contributed by atoms with Gasteiger partial charge in [-0.3, -0.25) is 0 Å². The Morgan fingerprint density at radius 2 is 1.50 bits per heavy atom. The van der Waals surface area contributed by atoms with Crippen LogP contribution in [0.1, 0.15) is 64.5 Å². The number of hydrogen-bond acceptors (Lipinski definition) is 1. The Labute approximate surface area is 101 Å². The lowest BCUT2D eigenvalue weighted by Gasteiger charge is -2.15. The lowest BCUT2D eigenvalue weighted by atomic mass is 9.95. The maximum atomic E-state index is 5.34. The molecule has 92 valence electrons. The van der Waals surface area contributed by atoms with Crippen LogP contribution in [-0.4, -0.2) is 7.11 Å². The van der Waals surface area contributed by atoms with Gasteiger partial charge in [0.25, 0.3) is 0 Å². The number of hydrogen-bond donors (Lipinski definition) is 0. The molecule has 1 rings (SSSR count). The summed E-state index contributed by atoms with van der Waals surface area (Å²) < 4.78 is 5.34. The van der Waals surface area contributed by atoms with Crippen LogP contribution in [0.2, 0.25) is 0 Å². The van der Waals surface area contributed by atoms with Gasteiger partial charge in [0.15, 0.2) is 0 Å². The van der Waals surface area contributed by atoms with Gasteiger partial charge in [-0.05, 0) is 29.0 Å². The van der Waals surface area contributed by atoms with Gasteiger partial charge in [0.05, 0.1) is 7.11 Å².